The summed E-state index contributed by atoms with van der Waals surface area (Å²) in [5, 5.41) is 3.79. The molecule has 0 amide bonds. The van der Waals surface area contributed by atoms with Gasteiger partial charge in [-0.1, -0.05) is 0 Å². The van der Waals surface area contributed by atoms with Gasteiger partial charge in [0.05, 0.1) is 0 Å². The molecular formula is C15H23N3. The number of piperidine rings is 1. The van der Waals surface area contributed by atoms with Gasteiger partial charge < -0.3 is 10.2 Å². The van der Waals surface area contributed by atoms with Crippen LogP contribution in [0.25, 0.3) is 0 Å². The molecular weight excluding hydrogens is 222 g/mol. The van der Waals surface area contributed by atoms with Crippen molar-refractivity contribution in [2.75, 3.05) is 13.1 Å². The minimum atomic E-state index is 0.436. The van der Waals surface area contributed by atoms with Gasteiger partial charge in [0.15, 0.2) is 0 Å². The lowest BCUT2D eigenvalue weighted by molar-refractivity contribution is 0.162. The lowest BCUT2D eigenvalue weighted by Crippen LogP contribution is -2.46. The van der Waals surface area contributed by atoms with Crippen LogP contribution >= 0.6 is 0 Å². The number of nitrogens with zero attached hydrogens (tertiary/aromatic N) is 2. The molecule has 98 valence electrons. The Labute approximate surface area is 110 Å². The Kier molecular flexibility index (Phi) is 3.62. The largest absolute Gasteiger partial charge is 0.307 e. The van der Waals surface area contributed by atoms with Gasteiger partial charge in [-0.15, -0.1) is 0 Å². The summed E-state index contributed by atoms with van der Waals surface area (Å²) in [6.45, 7) is 4.87. The molecule has 0 aliphatic carbocycles. The third-order valence-corrected chi connectivity index (χ3v) is 4.51. The van der Waals surface area contributed by atoms with Crippen LogP contribution in [0.5, 0.6) is 0 Å². The Hall–Kier alpha value is -0.930. The molecule has 3 heterocycles. The molecule has 3 atom stereocenters. The summed E-state index contributed by atoms with van der Waals surface area (Å²) >= 11 is 0. The van der Waals surface area contributed by atoms with Gasteiger partial charge in [0.2, 0.25) is 0 Å². The Bertz CT molecular complexity index is 379. The van der Waals surface area contributed by atoms with Crippen LogP contribution in [-0.4, -0.2) is 35.1 Å². The molecule has 0 spiro atoms. The highest BCUT2D eigenvalue weighted by molar-refractivity contribution is 5.14. The SMILES string of the molecule is C[C@H](NC1CCN2CCCC2C1)c1ccncc1. The van der Waals surface area contributed by atoms with Crippen LogP contribution in [0.4, 0.5) is 0 Å². The predicted molar refractivity (Wildman–Crippen MR) is 73.4 cm³/mol. The van der Waals surface area contributed by atoms with E-state index in [0.29, 0.717) is 12.1 Å². The standard InChI is InChI=1S/C15H23N3/c1-12(13-4-7-16-8-5-13)17-14-6-10-18-9-2-3-15(18)11-14/h4-5,7-8,12,14-15,17H,2-3,6,9-11H2,1H3/t12-,14?,15?/m0/s1. The summed E-state index contributed by atoms with van der Waals surface area (Å²) in [6.07, 6.45) is 9.20. The number of hydrogen-bond donors (Lipinski definition) is 1. The van der Waals surface area contributed by atoms with Crippen molar-refractivity contribution in [3.8, 4) is 0 Å². The number of pyridine rings is 1. The van der Waals surface area contributed by atoms with E-state index >= 15 is 0 Å². The second kappa shape index (κ2) is 5.37. The molecule has 1 aromatic heterocycles. The maximum absolute atomic E-state index is 4.08. The zero-order valence-electron chi connectivity index (χ0n) is 11.2. The van der Waals surface area contributed by atoms with E-state index in [1.54, 1.807) is 0 Å². The van der Waals surface area contributed by atoms with Crippen molar-refractivity contribution in [2.45, 2.75) is 50.7 Å². The van der Waals surface area contributed by atoms with Crippen LogP contribution in [0.15, 0.2) is 24.5 Å². The van der Waals surface area contributed by atoms with Crippen molar-refractivity contribution in [1.29, 1.82) is 0 Å². The van der Waals surface area contributed by atoms with Gasteiger partial charge in [-0.3, -0.25) is 4.98 Å². The number of rotatable bonds is 3. The maximum atomic E-state index is 4.08. The van der Waals surface area contributed by atoms with E-state index in [4.69, 9.17) is 0 Å². The lowest BCUT2D eigenvalue weighted by atomic mass is 9.96. The smallest absolute Gasteiger partial charge is 0.0295 e. The fourth-order valence-corrected chi connectivity index (χ4v) is 3.48. The fourth-order valence-electron chi connectivity index (χ4n) is 3.48. The monoisotopic (exact) mass is 245 g/mol. The lowest BCUT2D eigenvalue weighted by Gasteiger charge is -2.36. The number of hydrogen-bond acceptors (Lipinski definition) is 3. The second-order valence-electron chi connectivity index (χ2n) is 5.72. The molecule has 2 aliphatic rings. The molecule has 1 N–H and O–H groups in total. The normalized spacial score (nSPS) is 30.1. The first kappa shape index (κ1) is 12.1. The van der Waals surface area contributed by atoms with Crippen molar-refractivity contribution in [3.63, 3.8) is 0 Å². The summed E-state index contributed by atoms with van der Waals surface area (Å²) in [5.74, 6) is 0. The van der Waals surface area contributed by atoms with Gasteiger partial charge in [0, 0.05) is 30.5 Å². The van der Waals surface area contributed by atoms with Gasteiger partial charge >= 0.3 is 0 Å². The molecule has 2 unspecified atom stereocenters. The Morgan fingerprint density at radius 1 is 1.28 bits per heavy atom. The first-order valence-electron chi connectivity index (χ1n) is 7.23. The first-order valence-corrected chi connectivity index (χ1v) is 7.23. The molecule has 2 fully saturated rings. The maximum Gasteiger partial charge on any atom is 0.0295 e. The topological polar surface area (TPSA) is 28.2 Å². The van der Waals surface area contributed by atoms with Gasteiger partial charge in [0.25, 0.3) is 0 Å². The van der Waals surface area contributed by atoms with Crippen LogP contribution in [0.3, 0.4) is 0 Å². The molecule has 0 saturated carbocycles. The second-order valence-corrected chi connectivity index (χ2v) is 5.72. The molecule has 3 rings (SSSR count). The van der Waals surface area contributed by atoms with E-state index in [1.165, 1.54) is 44.3 Å². The Morgan fingerprint density at radius 3 is 2.94 bits per heavy atom. The third-order valence-electron chi connectivity index (χ3n) is 4.51. The molecule has 2 aliphatic heterocycles. The molecule has 1 aromatic rings. The number of nitrogens with one attached hydrogen (secondary N) is 1. The van der Waals surface area contributed by atoms with Crippen molar-refractivity contribution in [1.82, 2.24) is 15.2 Å². The van der Waals surface area contributed by atoms with Crippen molar-refractivity contribution in [3.05, 3.63) is 30.1 Å². The molecule has 0 aromatic carbocycles. The molecule has 18 heavy (non-hydrogen) atoms. The minimum Gasteiger partial charge on any atom is -0.307 e. The predicted octanol–water partition coefficient (Wildman–Crippen LogP) is 2.36. The fraction of sp³-hybridized carbons (Fsp3) is 0.667. The third kappa shape index (κ3) is 2.57. The van der Waals surface area contributed by atoms with Gasteiger partial charge in [0.1, 0.15) is 0 Å². The average molecular weight is 245 g/mol. The van der Waals surface area contributed by atoms with Crippen LogP contribution in [0.2, 0.25) is 0 Å². The van der Waals surface area contributed by atoms with Gasteiger partial charge in [-0.2, -0.15) is 0 Å². The van der Waals surface area contributed by atoms with E-state index in [2.05, 4.69) is 34.3 Å². The summed E-state index contributed by atoms with van der Waals surface area (Å²) in [7, 11) is 0. The summed E-state index contributed by atoms with van der Waals surface area (Å²) in [6, 6.07) is 6.20. The molecule has 0 bridgehead atoms. The Morgan fingerprint density at radius 2 is 2.11 bits per heavy atom. The van der Waals surface area contributed by atoms with E-state index in [9.17, 15) is 0 Å². The highest BCUT2D eigenvalue weighted by Crippen LogP contribution is 2.28. The Balaban J connectivity index is 1.57. The number of aromatic nitrogens is 1. The zero-order valence-corrected chi connectivity index (χ0v) is 11.2. The van der Waals surface area contributed by atoms with Gasteiger partial charge in [-0.25, -0.2) is 0 Å². The summed E-state index contributed by atoms with van der Waals surface area (Å²) in [5.41, 5.74) is 1.35. The highest BCUT2D eigenvalue weighted by atomic mass is 15.2. The first-order chi connectivity index (χ1) is 8.83. The van der Waals surface area contributed by atoms with Crippen LogP contribution in [-0.2, 0) is 0 Å². The quantitative estimate of drug-likeness (QED) is 0.886. The molecule has 2 saturated heterocycles. The van der Waals surface area contributed by atoms with Crippen LogP contribution in [0.1, 0.15) is 44.2 Å². The van der Waals surface area contributed by atoms with Crippen molar-refractivity contribution in [2.24, 2.45) is 0 Å². The van der Waals surface area contributed by atoms with Crippen LogP contribution < -0.4 is 5.32 Å². The van der Waals surface area contributed by atoms with E-state index in [1.807, 2.05) is 12.4 Å². The molecule has 0 radical (unpaired) electrons. The minimum absolute atomic E-state index is 0.436. The zero-order chi connectivity index (χ0) is 12.4. The van der Waals surface area contributed by atoms with Crippen LogP contribution in [0, 0.1) is 0 Å². The summed E-state index contributed by atoms with van der Waals surface area (Å²) < 4.78 is 0. The summed E-state index contributed by atoms with van der Waals surface area (Å²) in [4.78, 5) is 6.76. The van der Waals surface area contributed by atoms with E-state index in [0.717, 1.165) is 6.04 Å². The van der Waals surface area contributed by atoms with E-state index in [-0.39, 0.29) is 0 Å². The van der Waals surface area contributed by atoms with Crippen molar-refractivity contribution < 1.29 is 0 Å². The molecule has 3 nitrogen and oxygen atoms in total. The van der Waals surface area contributed by atoms with Gasteiger partial charge in [-0.05, 0) is 63.4 Å². The molecule has 3 heteroatoms. The number of fused-ring (bicyclic) bond motifs is 1. The highest BCUT2D eigenvalue weighted by Gasteiger charge is 2.31. The van der Waals surface area contributed by atoms with Crippen molar-refractivity contribution >= 4 is 0 Å². The average Bonchev–Trinajstić information content (AvgIpc) is 2.87. The van der Waals surface area contributed by atoms with E-state index < -0.39 is 0 Å².